The zero-order chi connectivity index (χ0) is 11.4. The fourth-order valence-electron chi connectivity index (χ4n) is 0.817. The number of ether oxygens (including phenoxy) is 1. The number of nitriles is 1. The topological polar surface area (TPSA) is 50.1 Å². The molecule has 0 amide bonds. The van der Waals surface area contributed by atoms with Crippen molar-refractivity contribution in [2.24, 2.45) is 5.92 Å². The molecule has 0 aliphatic rings. The Morgan fingerprint density at radius 2 is 1.93 bits per heavy atom. The number of hydrogen-bond donors (Lipinski definition) is 0. The van der Waals surface area contributed by atoms with Crippen molar-refractivity contribution in [2.75, 3.05) is 0 Å². The van der Waals surface area contributed by atoms with Crippen molar-refractivity contribution in [3.63, 3.8) is 0 Å². The molecule has 0 aromatic rings. The quantitative estimate of drug-likeness (QED) is 0.386. The first kappa shape index (κ1) is 12.7. The first-order chi connectivity index (χ1) is 6.26. The summed E-state index contributed by atoms with van der Waals surface area (Å²) in [5.41, 5.74) is -0.473. The maximum absolute atomic E-state index is 11.4. The summed E-state index contributed by atoms with van der Waals surface area (Å²) in [6.07, 6.45) is 1.61. The van der Waals surface area contributed by atoms with Crippen LogP contribution in [0.1, 0.15) is 34.6 Å². The monoisotopic (exact) mass is 195 g/mol. The lowest BCUT2D eigenvalue weighted by atomic mass is 10.1. The largest absolute Gasteiger partial charge is 0.456 e. The van der Waals surface area contributed by atoms with Gasteiger partial charge in [0.25, 0.3) is 0 Å². The van der Waals surface area contributed by atoms with Gasteiger partial charge in [-0.25, -0.2) is 4.79 Å². The minimum Gasteiger partial charge on any atom is -0.456 e. The van der Waals surface area contributed by atoms with Gasteiger partial charge in [0.05, 0.1) is 0 Å². The average Bonchev–Trinajstić information content (AvgIpc) is 1.96. The molecule has 0 aromatic carbocycles. The number of carbonyl (C=O) groups is 1. The normalized spacial score (nSPS) is 12.5. The van der Waals surface area contributed by atoms with Crippen LogP contribution in [-0.4, -0.2) is 11.6 Å². The van der Waals surface area contributed by atoms with Gasteiger partial charge in [-0.15, -0.1) is 0 Å². The van der Waals surface area contributed by atoms with E-state index >= 15 is 0 Å². The van der Waals surface area contributed by atoms with E-state index in [0.717, 1.165) is 0 Å². The SMILES string of the molecule is CC(C)/C=C(\C#N)C(=O)OC(C)(C)C. The summed E-state index contributed by atoms with van der Waals surface area (Å²) < 4.78 is 5.06. The van der Waals surface area contributed by atoms with E-state index in [4.69, 9.17) is 10.00 Å². The second kappa shape index (κ2) is 4.80. The van der Waals surface area contributed by atoms with Crippen LogP contribution < -0.4 is 0 Å². The molecule has 0 aliphatic heterocycles. The van der Waals surface area contributed by atoms with Gasteiger partial charge in [-0.05, 0) is 26.7 Å². The lowest BCUT2D eigenvalue weighted by molar-refractivity contribution is -0.149. The van der Waals surface area contributed by atoms with Gasteiger partial charge in [0.2, 0.25) is 0 Å². The third-order valence-electron chi connectivity index (χ3n) is 1.24. The van der Waals surface area contributed by atoms with Crippen LogP contribution >= 0.6 is 0 Å². The van der Waals surface area contributed by atoms with E-state index in [2.05, 4.69) is 0 Å². The Bertz CT molecular complexity index is 277. The fraction of sp³-hybridized carbons (Fsp3) is 0.636. The van der Waals surface area contributed by atoms with Crippen molar-refractivity contribution < 1.29 is 9.53 Å². The van der Waals surface area contributed by atoms with Gasteiger partial charge in [0.1, 0.15) is 17.2 Å². The van der Waals surface area contributed by atoms with Crippen molar-refractivity contribution in [3.05, 3.63) is 11.6 Å². The van der Waals surface area contributed by atoms with E-state index < -0.39 is 11.6 Å². The van der Waals surface area contributed by atoms with E-state index in [1.165, 1.54) is 0 Å². The van der Waals surface area contributed by atoms with Gasteiger partial charge in [0, 0.05) is 0 Å². The van der Waals surface area contributed by atoms with Crippen molar-refractivity contribution in [1.82, 2.24) is 0 Å². The van der Waals surface area contributed by atoms with E-state index in [0.29, 0.717) is 0 Å². The molecule has 0 aromatic heterocycles. The molecule has 0 rings (SSSR count). The lowest BCUT2D eigenvalue weighted by Crippen LogP contribution is -2.24. The number of allylic oxidation sites excluding steroid dienone is 1. The Kier molecular flexibility index (Phi) is 4.36. The highest BCUT2D eigenvalue weighted by atomic mass is 16.6. The maximum atomic E-state index is 11.4. The second-order valence-electron chi connectivity index (χ2n) is 4.44. The Labute approximate surface area is 85.4 Å². The minimum atomic E-state index is -0.552. The zero-order valence-corrected chi connectivity index (χ0v) is 9.42. The van der Waals surface area contributed by atoms with Crippen molar-refractivity contribution in [2.45, 2.75) is 40.2 Å². The van der Waals surface area contributed by atoms with Crippen molar-refractivity contribution in [1.29, 1.82) is 5.26 Å². The van der Waals surface area contributed by atoms with Gasteiger partial charge in [0.15, 0.2) is 0 Å². The highest BCUT2D eigenvalue weighted by Crippen LogP contribution is 2.11. The highest BCUT2D eigenvalue weighted by Gasteiger charge is 2.19. The van der Waals surface area contributed by atoms with Crippen LogP contribution in [0, 0.1) is 17.2 Å². The van der Waals surface area contributed by atoms with Crippen LogP contribution in [0.15, 0.2) is 11.6 Å². The van der Waals surface area contributed by atoms with E-state index in [-0.39, 0.29) is 11.5 Å². The molecule has 0 bridgehead atoms. The van der Waals surface area contributed by atoms with Crippen LogP contribution in [0.3, 0.4) is 0 Å². The first-order valence-corrected chi connectivity index (χ1v) is 4.61. The van der Waals surface area contributed by atoms with Crippen LogP contribution in [0.4, 0.5) is 0 Å². The van der Waals surface area contributed by atoms with E-state index in [1.807, 2.05) is 19.9 Å². The van der Waals surface area contributed by atoms with Crippen molar-refractivity contribution in [3.8, 4) is 6.07 Å². The summed E-state index contributed by atoms with van der Waals surface area (Å²) in [5.74, 6) is -0.383. The molecule has 0 radical (unpaired) electrons. The summed E-state index contributed by atoms with van der Waals surface area (Å²) in [6, 6.07) is 1.84. The van der Waals surface area contributed by atoms with E-state index in [1.54, 1.807) is 26.8 Å². The number of hydrogen-bond acceptors (Lipinski definition) is 3. The Hall–Kier alpha value is -1.30. The molecule has 3 heteroatoms. The van der Waals surface area contributed by atoms with Crippen LogP contribution in [-0.2, 0) is 9.53 Å². The molecule has 0 heterocycles. The third-order valence-corrected chi connectivity index (χ3v) is 1.24. The van der Waals surface area contributed by atoms with Gasteiger partial charge >= 0.3 is 5.97 Å². The zero-order valence-electron chi connectivity index (χ0n) is 9.42. The Morgan fingerprint density at radius 1 is 1.43 bits per heavy atom. The first-order valence-electron chi connectivity index (χ1n) is 4.61. The molecule has 0 unspecified atom stereocenters. The molecule has 0 fully saturated rings. The maximum Gasteiger partial charge on any atom is 0.349 e. The molecule has 0 aliphatic carbocycles. The highest BCUT2D eigenvalue weighted by molar-refractivity contribution is 5.92. The van der Waals surface area contributed by atoms with E-state index in [9.17, 15) is 4.79 Å². The molecule has 0 atom stereocenters. The van der Waals surface area contributed by atoms with Gasteiger partial charge in [-0.1, -0.05) is 19.9 Å². The Balaban J connectivity index is 4.60. The van der Waals surface area contributed by atoms with Gasteiger partial charge in [-0.2, -0.15) is 5.26 Å². The second-order valence-corrected chi connectivity index (χ2v) is 4.44. The smallest absolute Gasteiger partial charge is 0.349 e. The standard InChI is InChI=1S/C11H17NO2/c1-8(2)6-9(7-12)10(13)14-11(3,4)5/h6,8H,1-5H3/b9-6+. The molecule has 14 heavy (non-hydrogen) atoms. The van der Waals surface area contributed by atoms with Crippen LogP contribution in [0.2, 0.25) is 0 Å². The van der Waals surface area contributed by atoms with Gasteiger partial charge in [-0.3, -0.25) is 0 Å². The predicted octanol–water partition coefficient (Wildman–Crippen LogP) is 2.43. The van der Waals surface area contributed by atoms with Gasteiger partial charge < -0.3 is 4.74 Å². The van der Waals surface area contributed by atoms with Crippen LogP contribution in [0.5, 0.6) is 0 Å². The molecule has 0 saturated carbocycles. The summed E-state index contributed by atoms with van der Waals surface area (Å²) in [7, 11) is 0. The number of rotatable bonds is 2. The predicted molar refractivity (Wildman–Crippen MR) is 54.4 cm³/mol. The molecule has 0 N–H and O–H groups in total. The molecule has 78 valence electrons. The number of carbonyl (C=O) groups excluding carboxylic acids is 1. The fourth-order valence-corrected chi connectivity index (χ4v) is 0.817. The third kappa shape index (κ3) is 5.36. The minimum absolute atomic E-state index is 0.0786. The summed E-state index contributed by atoms with van der Waals surface area (Å²) in [4.78, 5) is 11.4. The summed E-state index contributed by atoms with van der Waals surface area (Å²) >= 11 is 0. The molecule has 0 saturated heterocycles. The number of esters is 1. The lowest BCUT2D eigenvalue weighted by Gasteiger charge is -2.19. The molecule has 3 nitrogen and oxygen atoms in total. The summed E-state index contributed by atoms with van der Waals surface area (Å²) in [5, 5.41) is 8.72. The Morgan fingerprint density at radius 3 is 2.21 bits per heavy atom. The molecular formula is C11H17NO2. The average molecular weight is 195 g/mol. The number of nitrogens with zero attached hydrogens (tertiary/aromatic N) is 1. The molecule has 0 spiro atoms. The summed E-state index contributed by atoms with van der Waals surface area (Å²) in [6.45, 7) is 9.13. The molecular weight excluding hydrogens is 178 g/mol. The van der Waals surface area contributed by atoms with Crippen molar-refractivity contribution >= 4 is 5.97 Å². The van der Waals surface area contributed by atoms with Crippen LogP contribution in [0.25, 0.3) is 0 Å².